The van der Waals surface area contributed by atoms with Gasteiger partial charge in [-0.25, -0.2) is 8.42 Å². The van der Waals surface area contributed by atoms with Crippen LogP contribution in [0.2, 0.25) is 10.0 Å². The van der Waals surface area contributed by atoms with Crippen LogP contribution in [-0.2, 0) is 21.4 Å². The fourth-order valence-corrected chi connectivity index (χ4v) is 3.25. The summed E-state index contributed by atoms with van der Waals surface area (Å²) in [5.74, 6) is -0.484. The predicted octanol–water partition coefficient (Wildman–Crippen LogP) is 2.47. The molecule has 0 aliphatic rings. The molecule has 1 heterocycles. The van der Waals surface area contributed by atoms with Crippen molar-refractivity contribution in [3.8, 4) is 0 Å². The Labute approximate surface area is 150 Å². The van der Waals surface area contributed by atoms with Gasteiger partial charge in [-0.05, 0) is 24.3 Å². The van der Waals surface area contributed by atoms with E-state index in [1.807, 2.05) is 0 Å². The van der Waals surface area contributed by atoms with Crippen molar-refractivity contribution in [2.45, 2.75) is 6.54 Å². The lowest BCUT2D eigenvalue weighted by atomic mass is 10.3. The van der Waals surface area contributed by atoms with E-state index in [2.05, 4.69) is 10.3 Å². The summed E-state index contributed by atoms with van der Waals surface area (Å²) in [5, 5.41) is 2.90. The fourth-order valence-electron chi connectivity index (χ4n) is 1.94. The van der Waals surface area contributed by atoms with Gasteiger partial charge >= 0.3 is 0 Å². The maximum absolute atomic E-state index is 12.1. The molecule has 9 heteroatoms. The zero-order valence-electron chi connectivity index (χ0n) is 12.7. The lowest BCUT2D eigenvalue weighted by molar-refractivity contribution is -0.119. The van der Waals surface area contributed by atoms with E-state index >= 15 is 0 Å². The van der Waals surface area contributed by atoms with Gasteiger partial charge in [0.05, 0.1) is 34.2 Å². The normalized spacial score (nSPS) is 11.1. The number of aromatic nitrogens is 1. The van der Waals surface area contributed by atoms with Gasteiger partial charge in [0.2, 0.25) is 15.9 Å². The van der Waals surface area contributed by atoms with Crippen molar-refractivity contribution in [3.05, 3.63) is 58.3 Å². The molecular formula is C15H15Cl2N3O3S. The Bertz CT molecular complexity index is 829. The number of nitrogens with zero attached hydrogens (tertiary/aromatic N) is 2. The van der Waals surface area contributed by atoms with Crippen LogP contribution in [0.5, 0.6) is 0 Å². The summed E-state index contributed by atoms with van der Waals surface area (Å²) in [6, 6.07) is 9.90. The van der Waals surface area contributed by atoms with E-state index in [0.29, 0.717) is 5.69 Å². The summed E-state index contributed by atoms with van der Waals surface area (Å²) in [6.45, 7) is -0.216. The number of anilines is 1. The van der Waals surface area contributed by atoms with Gasteiger partial charge in [-0.1, -0.05) is 35.3 Å². The van der Waals surface area contributed by atoms with Crippen molar-refractivity contribution < 1.29 is 13.2 Å². The number of carbonyl (C=O) groups excluding carboxylic acids is 1. The lowest BCUT2D eigenvalue weighted by Crippen LogP contribution is -2.40. The van der Waals surface area contributed by atoms with Gasteiger partial charge in [0.25, 0.3) is 0 Å². The first-order valence-corrected chi connectivity index (χ1v) is 9.48. The third-order valence-corrected chi connectivity index (χ3v) is 5.02. The average Bonchev–Trinajstić information content (AvgIpc) is 2.53. The third kappa shape index (κ3) is 4.83. The highest BCUT2D eigenvalue weighted by Gasteiger charge is 2.23. The minimum Gasteiger partial charge on any atom is -0.349 e. The summed E-state index contributed by atoms with van der Waals surface area (Å²) in [5.41, 5.74) is 0.817. The highest BCUT2D eigenvalue weighted by Crippen LogP contribution is 2.33. The quantitative estimate of drug-likeness (QED) is 0.825. The van der Waals surface area contributed by atoms with E-state index < -0.39 is 22.5 Å². The standard InChI is InChI=1S/C15H15Cl2N3O3S/c1-24(22,23)20(13-7-4-6-12(16)15(13)17)10-14(21)19-9-11-5-2-3-8-18-11/h2-8H,9-10H2,1H3,(H,19,21). The largest absolute Gasteiger partial charge is 0.349 e. The molecule has 6 nitrogen and oxygen atoms in total. The number of halogens is 2. The van der Waals surface area contributed by atoms with Gasteiger partial charge in [0.15, 0.2) is 0 Å². The first kappa shape index (κ1) is 18.5. The van der Waals surface area contributed by atoms with Crippen LogP contribution in [0, 0.1) is 0 Å². The van der Waals surface area contributed by atoms with Crippen LogP contribution in [0.25, 0.3) is 0 Å². The second-order valence-electron chi connectivity index (χ2n) is 4.94. The first-order valence-electron chi connectivity index (χ1n) is 6.87. The molecule has 1 amide bonds. The Morgan fingerprint density at radius 3 is 2.58 bits per heavy atom. The van der Waals surface area contributed by atoms with E-state index in [-0.39, 0.29) is 22.3 Å². The number of amides is 1. The molecule has 0 spiro atoms. The highest BCUT2D eigenvalue weighted by atomic mass is 35.5. The Morgan fingerprint density at radius 1 is 1.21 bits per heavy atom. The second-order valence-corrected chi connectivity index (χ2v) is 7.63. The van der Waals surface area contributed by atoms with Gasteiger partial charge in [-0.15, -0.1) is 0 Å². The minimum atomic E-state index is -3.72. The minimum absolute atomic E-state index is 0.0714. The van der Waals surface area contributed by atoms with Crippen molar-refractivity contribution in [2.75, 3.05) is 17.1 Å². The van der Waals surface area contributed by atoms with Crippen LogP contribution >= 0.6 is 23.2 Å². The molecule has 2 aromatic rings. The van der Waals surface area contributed by atoms with E-state index in [9.17, 15) is 13.2 Å². The van der Waals surface area contributed by atoms with Gasteiger partial charge in [0.1, 0.15) is 6.54 Å². The van der Waals surface area contributed by atoms with Crippen molar-refractivity contribution in [1.29, 1.82) is 0 Å². The van der Waals surface area contributed by atoms with Gasteiger partial charge < -0.3 is 5.32 Å². The number of carbonyl (C=O) groups is 1. The van der Waals surface area contributed by atoms with Crippen molar-refractivity contribution >= 4 is 44.8 Å². The average molecular weight is 388 g/mol. The number of hydrogen-bond acceptors (Lipinski definition) is 4. The topological polar surface area (TPSA) is 79.4 Å². The number of benzene rings is 1. The van der Waals surface area contributed by atoms with Crippen LogP contribution in [0.15, 0.2) is 42.6 Å². The van der Waals surface area contributed by atoms with Gasteiger partial charge in [-0.2, -0.15) is 0 Å². The van der Waals surface area contributed by atoms with Crippen molar-refractivity contribution in [1.82, 2.24) is 10.3 Å². The molecule has 0 radical (unpaired) electrons. The molecule has 0 saturated heterocycles. The number of pyridine rings is 1. The SMILES string of the molecule is CS(=O)(=O)N(CC(=O)NCc1ccccn1)c1cccc(Cl)c1Cl. The number of nitrogens with one attached hydrogen (secondary N) is 1. The van der Waals surface area contributed by atoms with Crippen LogP contribution in [-0.4, -0.2) is 32.1 Å². The number of sulfonamides is 1. The first-order chi connectivity index (χ1) is 11.3. The molecule has 1 aromatic heterocycles. The maximum Gasteiger partial charge on any atom is 0.241 e. The molecule has 0 unspecified atom stereocenters. The molecule has 2 rings (SSSR count). The van der Waals surface area contributed by atoms with Crippen LogP contribution in [0.3, 0.4) is 0 Å². The molecule has 1 aromatic carbocycles. The van der Waals surface area contributed by atoms with Crippen LogP contribution in [0.4, 0.5) is 5.69 Å². The summed E-state index contributed by atoms with van der Waals surface area (Å²) in [4.78, 5) is 16.2. The highest BCUT2D eigenvalue weighted by molar-refractivity contribution is 7.92. The molecule has 0 aliphatic carbocycles. The summed E-state index contributed by atoms with van der Waals surface area (Å²) in [6.07, 6.45) is 2.60. The van der Waals surface area contributed by atoms with Crippen molar-refractivity contribution in [2.24, 2.45) is 0 Å². The van der Waals surface area contributed by atoms with E-state index in [1.54, 1.807) is 30.5 Å². The molecule has 1 N–H and O–H groups in total. The maximum atomic E-state index is 12.1. The van der Waals surface area contributed by atoms with Crippen LogP contribution < -0.4 is 9.62 Å². The Kier molecular flexibility index (Phi) is 6.04. The Hall–Kier alpha value is -1.83. The fraction of sp³-hybridized carbons (Fsp3) is 0.200. The molecule has 0 atom stereocenters. The van der Waals surface area contributed by atoms with E-state index in [0.717, 1.165) is 10.6 Å². The molecular weight excluding hydrogens is 373 g/mol. The monoisotopic (exact) mass is 387 g/mol. The molecule has 128 valence electrons. The molecule has 0 bridgehead atoms. The summed E-state index contributed by atoms with van der Waals surface area (Å²) < 4.78 is 25.0. The molecule has 0 saturated carbocycles. The molecule has 24 heavy (non-hydrogen) atoms. The van der Waals surface area contributed by atoms with Crippen molar-refractivity contribution in [3.63, 3.8) is 0 Å². The molecule has 0 fully saturated rings. The number of rotatable bonds is 6. The zero-order chi connectivity index (χ0) is 17.7. The summed E-state index contributed by atoms with van der Waals surface area (Å²) >= 11 is 12.0. The molecule has 0 aliphatic heterocycles. The zero-order valence-corrected chi connectivity index (χ0v) is 15.1. The Balaban J connectivity index is 2.15. The lowest BCUT2D eigenvalue weighted by Gasteiger charge is -2.23. The summed E-state index contributed by atoms with van der Waals surface area (Å²) in [7, 11) is -3.72. The van der Waals surface area contributed by atoms with Gasteiger partial charge in [0, 0.05) is 6.20 Å². The van der Waals surface area contributed by atoms with E-state index in [1.165, 1.54) is 12.1 Å². The second kappa shape index (κ2) is 7.83. The Morgan fingerprint density at radius 2 is 1.96 bits per heavy atom. The van der Waals surface area contributed by atoms with Crippen LogP contribution in [0.1, 0.15) is 5.69 Å². The van der Waals surface area contributed by atoms with E-state index in [4.69, 9.17) is 23.2 Å². The smallest absolute Gasteiger partial charge is 0.241 e. The predicted molar refractivity (Wildman–Crippen MR) is 94.7 cm³/mol. The third-order valence-electron chi connectivity index (χ3n) is 3.08. The van der Waals surface area contributed by atoms with Gasteiger partial charge in [-0.3, -0.25) is 14.1 Å². The number of hydrogen-bond donors (Lipinski definition) is 1.